The first-order valence-corrected chi connectivity index (χ1v) is 16.8. The minimum Gasteiger partial charge on any atom is -0.0619 e. The molecular formula is C38H28Si. The second kappa shape index (κ2) is 8.27. The fourth-order valence-electron chi connectivity index (χ4n) is 6.76. The van der Waals surface area contributed by atoms with Crippen molar-refractivity contribution < 1.29 is 0 Å². The zero-order valence-electron chi connectivity index (χ0n) is 22.2. The molecule has 8 aromatic carbocycles. The third-order valence-electron chi connectivity index (χ3n) is 8.93. The topological polar surface area (TPSA) is 0 Å². The molecule has 8 aromatic rings. The smallest absolute Gasteiger partial charge is 0.0619 e. The first-order valence-electron chi connectivity index (χ1n) is 13.8. The second-order valence-electron chi connectivity index (χ2n) is 11.3. The molecule has 0 radical (unpaired) electrons. The number of hydrogen-bond donors (Lipinski definition) is 0. The molecule has 0 amide bonds. The molecule has 0 aromatic heterocycles. The molecule has 0 aliphatic rings. The Morgan fingerprint density at radius 2 is 0.513 bits per heavy atom. The van der Waals surface area contributed by atoms with Crippen molar-refractivity contribution in [2.45, 2.75) is 13.1 Å². The molecule has 0 fully saturated rings. The van der Waals surface area contributed by atoms with E-state index in [0.717, 1.165) is 0 Å². The van der Waals surface area contributed by atoms with E-state index in [9.17, 15) is 0 Å². The predicted molar refractivity (Wildman–Crippen MR) is 175 cm³/mol. The fourth-order valence-corrected chi connectivity index (χ4v) is 9.10. The molecule has 0 saturated carbocycles. The molecule has 0 spiro atoms. The van der Waals surface area contributed by atoms with Gasteiger partial charge >= 0.3 is 0 Å². The van der Waals surface area contributed by atoms with Crippen LogP contribution in [-0.2, 0) is 0 Å². The summed E-state index contributed by atoms with van der Waals surface area (Å²) < 4.78 is 0. The van der Waals surface area contributed by atoms with Crippen LogP contribution >= 0.6 is 0 Å². The summed E-state index contributed by atoms with van der Waals surface area (Å²) in [5, 5.41) is 19.0. The first kappa shape index (κ1) is 22.5. The molecule has 0 nitrogen and oxygen atoms in total. The van der Waals surface area contributed by atoms with Crippen molar-refractivity contribution in [3.8, 4) is 0 Å². The van der Waals surface area contributed by atoms with Gasteiger partial charge in [0.2, 0.25) is 0 Å². The van der Waals surface area contributed by atoms with E-state index >= 15 is 0 Å². The van der Waals surface area contributed by atoms with Crippen LogP contribution in [0, 0.1) is 0 Å². The van der Waals surface area contributed by atoms with E-state index in [0.29, 0.717) is 0 Å². The molecule has 1 heteroatoms. The summed E-state index contributed by atoms with van der Waals surface area (Å²) in [6, 6.07) is 50.0. The van der Waals surface area contributed by atoms with Gasteiger partial charge in [0.25, 0.3) is 0 Å². The zero-order valence-corrected chi connectivity index (χ0v) is 23.2. The molecule has 0 heterocycles. The number of benzene rings is 8. The second-order valence-corrected chi connectivity index (χ2v) is 15.7. The summed E-state index contributed by atoms with van der Waals surface area (Å²) in [6.45, 7) is 5.00. The van der Waals surface area contributed by atoms with Gasteiger partial charge in [-0.3, -0.25) is 0 Å². The van der Waals surface area contributed by atoms with Crippen LogP contribution in [0.15, 0.2) is 133 Å². The highest BCUT2D eigenvalue weighted by Crippen LogP contribution is 2.36. The van der Waals surface area contributed by atoms with Crippen molar-refractivity contribution in [3.05, 3.63) is 133 Å². The van der Waals surface area contributed by atoms with Crippen LogP contribution in [0.5, 0.6) is 0 Å². The first-order chi connectivity index (χ1) is 19.1. The molecule has 8 rings (SSSR count). The number of hydrogen-bond acceptors (Lipinski definition) is 0. The average molecular weight is 513 g/mol. The van der Waals surface area contributed by atoms with Crippen LogP contribution < -0.4 is 10.4 Å². The van der Waals surface area contributed by atoms with Gasteiger partial charge in [-0.2, -0.15) is 0 Å². The van der Waals surface area contributed by atoms with Crippen molar-refractivity contribution in [3.63, 3.8) is 0 Å². The lowest BCUT2D eigenvalue weighted by Gasteiger charge is -2.25. The third-order valence-corrected chi connectivity index (χ3v) is 12.4. The van der Waals surface area contributed by atoms with Crippen molar-refractivity contribution in [1.29, 1.82) is 0 Å². The minimum atomic E-state index is -2.00. The van der Waals surface area contributed by atoms with Crippen LogP contribution in [0.1, 0.15) is 0 Å². The summed E-state index contributed by atoms with van der Waals surface area (Å²) >= 11 is 0. The van der Waals surface area contributed by atoms with Gasteiger partial charge in [0.05, 0.1) is 0 Å². The van der Waals surface area contributed by atoms with Crippen LogP contribution in [0.25, 0.3) is 64.6 Å². The molecule has 0 bridgehead atoms. The van der Waals surface area contributed by atoms with Gasteiger partial charge in [0.15, 0.2) is 0 Å². The summed E-state index contributed by atoms with van der Waals surface area (Å²) in [7, 11) is -2.00. The van der Waals surface area contributed by atoms with E-state index in [1.165, 1.54) is 75.0 Å². The van der Waals surface area contributed by atoms with Crippen molar-refractivity contribution in [2.75, 3.05) is 0 Å². The maximum atomic E-state index is 2.50. The lowest BCUT2D eigenvalue weighted by Crippen LogP contribution is -2.52. The highest BCUT2D eigenvalue weighted by molar-refractivity contribution is 7.00. The van der Waals surface area contributed by atoms with Gasteiger partial charge in [0, 0.05) is 0 Å². The maximum absolute atomic E-state index is 2.50. The zero-order chi connectivity index (χ0) is 26.1. The van der Waals surface area contributed by atoms with Crippen molar-refractivity contribution >= 4 is 83.1 Å². The Bertz CT molecular complexity index is 2020. The normalized spacial score (nSPS) is 12.4. The molecule has 184 valence electrons. The van der Waals surface area contributed by atoms with E-state index in [-0.39, 0.29) is 0 Å². The Hall–Kier alpha value is -4.46. The molecule has 0 atom stereocenters. The van der Waals surface area contributed by atoms with E-state index in [4.69, 9.17) is 0 Å². The molecule has 0 unspecified atom stereocenters. The largest absolute Gasteiger partial charge is 0.112 e. The van der Waals surface area contributed by atoms with Gasteiger partial charge in [-0.25, -0.2) is 0 Å². The van der Waals surface area contributed by atoms with E-state index < -0.39 is 8.07 Å². The maximum Gasteiger partial charge on any atom is 0.112 e. The third kappa shape index (κ3) is 3.24. The van der Waals surface area contributed by atoms with Crippen LogP contribution in [0.4, 0.5) is 0 Å². The van der Waals surface area contributed by atoms with Gasteiger partial charge in [-0.1, -0.05) is 157 Å². The number of rotatable bonds is 2. The van der Waals surface area contributed by atoms with E-state index in [2.05, 4.69) is 147 Å². The van der Waals surface area contributed by atoms with Gasteiger partial charge in [-0.15, -0.1) is 0 Å². The molecule has 0 saturated heterocycles. The summed E-state index contributed by atoms with van der Waals surface area (Å²) in [4.78, 5) is 0. The lowest BCUT2D eigenvalue weighted by atomic mass is 9.94. The number of fused-ring (bicyclic) bond motifs is 12. The predicted octanol–water partition coefficient (Wildman–Crippen LogP) is 9.43. The summed E-state index contributed by atoms with van der Waals surface area (Å²) in [5.41, 5.74) is 0. The molecule has 0 N–H and O–H groups in total. The monoisotopic (exact) mass is 512 g/mol. The summed E-state index contributed by atoms with van der Waals surface area (Å²) in [5.74, 6) is 0. The Balaban J connectivity index is 1.39. The van der Waals surface area contributed by atoms with E-state index in [1.807, 2.05) is 0 Å². The molecular weight excluding hydrogens is 485 g/mol. The molecule has 0 aliphatic heterocycles. The van der Waals surface area contributed by atoms with E-state index in [1.54, 1.807) is 0 Å². The standard InChI is InChI=1S/C38H28Si/c1-39(2,25-19-21-35-31-15-5-3-11-27(31)29-13-7-9-17-33(29)37(35)23-25)26-20-22-36-32-16-6-4-12-28(32)30-14-8-10-18-34(30)38(36)24-26/h3-24H,1-2H3. The molecule has 39 heavy (non-hydrogen) atoms. The van der Waals surface area contributed by atoms with Crippen LogP contribution in [-0.4, -0.2) is 8.07 Å². The quantitative estimate of drug-likeness (QED) is 0.160. The van der Waals surface area contributed by atoms with Crippen molar-refractivity contribution in [1.82, 2.24) is 0 Å². The highest BCUT2D eigenvalue weighted by atomic mass is 28.3. The van der Waals surface area contributed by atoms with Crippen LogP contribution in [0.2, 0.25) is 13.1 Å². The van der Waals surface area contributed by atoms with Crippen molar-refractivity contribution in [2.24, 2.45) is 0 Å². The minimum absolute atomic E-state index is 1.33. The Morgan fingerprint density at radius 3 is 0.795 bits per heavy atom. The van der Waals surface area contributed by atoms with Gasteiger partial charge in [0.1, 0.15) is 8.07 Å². The highest BCUT2D eigenvalue weighted by Gasteiger charge is 2.27. The van der Waals surface area contributed by atoms with Gasteiger partial charge in [-0.05, 0) is 64.6 Å². The lowest BCUT2D eigenvalue weighted by molar-refractivity contribution is 1.73. The Labute approximate surface area is 229 Å². The van der Waals surface area contributed by atoms with Crippen LogP contribution in [0.3, 0.4) is 0 Å². The SMILES string of the molecule is C[Si](C)(c1ccc2c3ccccc3c3ccccc3c2c1)c1ccc2c3ccccc3c3ccccc3c2c1. The average Bonchev–Trinajstić information content (AvgIpc) is 3.01. The summed E-state index contributed by atoms with van der Waals surface area (Å²) in [6.07, 6.45) is 0. The molecule has 0 aliphatic carbocycles. The van der Waals surface area contributed by atoms with Gasteiger partial charge < -0.3 is 0 Å². The Kier molecular flexibility index (Phi) is 4.77. The fraction of sp³-hybridized carbons (Fsp3) is 0.0526. The Morgan fingerprint density at radius 1 is 0.282 bits per heavy atom.